The summed E-state index contributed by atoms with van der Waals surface area (Å²) in [7, 11) is 0. The zero-order chi connectivity index (χ0) is 17.3. The number of ether oxygens (including phenoxy) is 1. The SMILES string of the molecule is NC(=NN=Cc1ccc(COCC2CC2)cc1)SCc1ccccc1. The first kappa shape index (κ1) is 17.7. The minimum absolute atomic E-state index is 0.463. The van der Waals surface area contributed by atoms with Gasteiger partial charge in [-0.2, -0.15) is 5.10 Å². The van der Waals surface area contributed by atoms with Crippen molar-refractivity contribution in [3.63, 3.8) is 0 Å². The Morgan fingerprint density at radius 3 is 2.56 bits per heavy atom. The van der Waals surface area contributed by atoms with Crippen molar-refractivity contribution in [2.24, 2.45) is 21.9 Å². The van der Waals surface area contributed by atoms with Crippen molar-refractivity contribution < 1.29 is 4.74 Å². The summed E-state index contributed by atoms with van der Waals surface area (Å²) in [5.74, 6) is 1.59. The van der Waals surface area contributed by atoms with Crippen molar-refractivity contribution in [3.05, 3.63) is 71.3 Å². The molecule has 0 unspecified atom stereocenters. The van der Waals surface area contributed by atoms with E-state index in [4.69, 9.17) is 10.5 Å². The molecular weight excluding hydrogens is 330 g/mol. The largest absolute Gasteiger partial charge is 0.377 e. The fraction of sp³-hybridized carbons (Fsp3) is 0.300. The van der Waals surface area contributed by atoms with Gasteiger partial charge < -0.3 is 10.5 Å². The molecule has 4 nitrogen and oxygen atoms in total. The Bertz CT molecular complexity index is 709. The Morgan fingerprint density at radius 1 is 1.08 bits per heavy atom. The van der Waals surface area contributed by atoms with Gasteiger partial charge in [0.15, 0.2) is 5.17 Å². The minimum atomic E-state index is 0.463. The Kier molecular flexibility index (Phi) is 6.65. The molecule has 1 aliphatic rings. The van der Waals surface area contributed by atoms with E-state index >= 15 is 0 Å². The van der Waals surface area contributed by atoms with E-state index in [1.54, 1.807) is 6.21 Å². The minimum Gasteiger partial charge on any atom is -0.377 e. The second kappa shape index (κ2) is 9.39. The highest BCUT2D eigenvalue weighted by Crippen LogP contribution is 2.29. The third-order valence-electron chi connectivity index (χ3n) is 3.89. The van der Waals surface area contributed by atoms with E-state index in [-0.39, 0.29) is 0 Å². The quantitative estimate of drug-likeness (QED) is 0.440. The van der Waals surface area contributed by atoms with E-state index in [2.05, 4.69) is 34.5 Å². The van der Waals surface area contributed by atoms with Crippen LogP contribution in [0.25, 0.3) is 0 Å². The smallest absolute Gasteiger partial charge is 0.180 e. The van der Waals surface area contributed by atoms with Crippen LogP contribution in [-0.2, 0) is 17.1 Å². The van der Waals surface area contributed by atoms with Crippen molar-refractivity contribution in [1.82, 2.24) is 0 Å². The molecule has 0 atom stereocenters. The average molecular weight is 353 g/mol. The van der Waals surface area contributed by atoms with Crippen LogP contribution < -0.4 is 5.73 Å². The summed E-state index contributed by atoms with van der Waals surface area (Å²) in [6, 6.07) is 18.3. The summed E-state index contributed by atoms with van der Waals surface area (Å²) in [5, 5.41) is 8.56. The van der Waals surface area contributed by atoms with Crippen molar-refractivity contribution in [3.8, 4) is 0 Å². The maximum Gasteiger partial charge on any atom is 0.180 e. The lowest BCUT2D eigenvalue weighted by Crippen LogP contribution is -2.06. The Morgan fingerprint density at radius 2 is 1.84 bits per heavy atom. The second-order valence-corrected chi connectivity index (χ2v) is 7.15. The summed E-state index contributed by atoms with van der Waals surface area (Å²) < 4.78 is 5.68. The molecule has 0 spiro atoms. The van der Waals surface area contributed by atoms with Crippen LogP contribution in [0.3, 0.4) is 0 Å². The van der Waals surface area contributed by atoms with Gasteiger partial charge in [-0.3, -0.25) is 0 Å². The monoisotopic (exact) mass is 353 g/mol. The standard InChI is InChI=1S/C20H23N3OS/c21-20(25-15-19-4-2-1-3-5-19)23-22-12-16-6-8-17(9-7-16)13-24-14-18-10-11-18/h1-9,12,18H,10-11,13-15H2,(H2,21,23). The summed E-state index contributed by atoms with van der Waals surface area (Å²) >= 11 is 1.48. The number of nitrogens with zero attached hydrogens (tertiary/aromatic N) is 2. The molecule has 130 valence electrons. The van der Waals surface area contributed by atoms with E-state index in [0.717, 1.165) is 23.8 Å². The molecule has 0 bridgehead atoms. The Hall–Kier alpha value is -2.11. The number of benzene rings is 2. The van der Waals surface area contributed by atoms with Gasteiger partial charge in [-0.05, 0) is 35.4 Å². The second-order valence-electron chi connectivity index (χ2n) is 6.16. The van der Waals surface area contributed by atoms with Crippen LogP contribution in [0.4, 0.5) is 0 Å². The first-order valence-corrected chi connectivity index (χ1v) is 9.48. The summed E-state index contributed by atoms with van der Waals surface area (Å²) in [6.07, 6.45) is 4.36. The topological polar surface area (TPSA) is 60.0 Å². The summed E-state index contributed by atoms with van der Waals surface area (Å²) in [5.41, 5.74) is 9.27. The Balaban J connectivity index is 1.42. The predicted molar refractivity (Wildman–Crippen MR) is 106 cm³/mol. The first-order valence-electron chi connectivity index (χ1n) is 8.49. The number of rotatable bonds is 8. The van der Waals surface area contributed by atoms with Crippen molar-refractivity contribution in [2.75, 3.05) is 6.61 Å². The van der Waals surface area contributed by atoms with E-state index in [1.165, 1.54) is 35.7 Å². The molecule has 0 aliphatic heterocycles. The summed E-state index contributed by atoms with van der Waals surface area (Å²) in [6.45, 7) is 1.56. The maximum absolute atomic E-state index is 5.88. The molecule has 0 amide bonds. The van der Waals surface area contributed by atoms with E-state index < -0.39 is 0 Å². The summed E-state index contributed by atoms with van der Waals surface area (Å²) in [4.78, 5) is 0. The molecule has 0 aromatic heterocycles. The molecule has 0 radical (unpaired) electrons. The van der Waals surface area contributed by atoms with Gasteiger partial charge in [-0.15, -0.1) is 5.10 Å². The molecule has 5 heteroatoms. The molecule has 1 aliphatic carbocycles. The van der Waals surface area contributed by atoms with Crippen LogP contribution in [-0.4, -0.2) is 18.0 Å². The highest BCUT2D eigenvalue weighted by atomic mass is 32.2. The lowest BCUT2D eigenvalue weighted by Gasteiger charge is -2.03. The van der Waals surface area contributed by atoms with Gasteiger partial charge in [-0.25, -0.2) is 0 Å². The van der Waals surface area contributed by atoms with Gasteiger partial charge in [0.25, 0.3) is 0 Å². The first-order chi connectivity index (χ1) is 12.3. The fourth-order valence-corrected chi connectivity index (χ4v) is 2.85. The maximum atomic E-state index is 5.88. The molecule has 3 rings (SSSR count). The molecule has 0 saturated heterocycles. The van der Waals surface area contributed by atoms with Crippen LogP contribution in [0.2, 0.25) is 0 Å². The van der Waals surface area contributed by atoms with Gasteiger partial charge >= 0.3 is 0 Å². The molecule has 0 heterocycles. The fourth-order valence-electron chi connectivity index (χ4n) is 2.24. The number of hydrogen-bond donors (Lipinski definition) is 1. The molecule has 2 aromatic rings. The average Bonchev–Trinajstić information content (AvgIpc) is 3.47. The van der Waals surface area contributed by atoms with Gasteiger partial charge in [0.2, 0.25) is 0 Å². The van der Waals surface area contributed by atoms with Crippen LogP contribution in [0.1, 0.15) is 29.5 Å². The lowest BCUT2D eigenvalue weighted by atomic mass is 10.1. The molecule has 2 aromatic carbocycles. The van der Waals surface area contributed by atoms with Crippen LogP contribution >= 0.6 is 11.8 Å². The normalized spacial score (nSPS) is 15.0. The van der Waals surface area contributed by atoms with E-state index in [9.17, 15) is 0 Å². The van der Waals surface area contributed by atoms with Crippen molar-refractivity contribution in [2.45, 2.75) is 25.2 Å². The third-order valence-corrected chi connectivity index (χ3v) is 4.75. The number of amidine groups is 1. The zero-order valence-electron chi connectivity index (χ0n) is 14.2. The van der Waals surface area contributed by atoms with Crippen LogP contribution in [0.15, 0.2) is 64.8 Å². The predicted octanol–water partition coefficient (Wildman–Crippen LogP) is 4.20. The van der Waals surface area contributed by atoms with Crippen molar-refractivity contribution in [1.29, 1.82) is 0 Å². The molecule has 1 saturated carbocycles. The lowest BCUT2D eigenvalue weighted by molar-refractivity contribution is 0.111. The van der Waals surface area contributed by atoms with Crippen molar-refractivity contribution >= 4 is 23.1 Å². The highest BCUT2D eigenvalue weighted by molar-refractivity contribution is 8.13. The highest BCUT2D eigenvalue weighted by Gasteiger charge is 2.20. The van der Waals surface area contributed by atoms with Crippen LogP contribution in [0, 0.1) is 5.92 Å². The Labute approximate surface area is 153 Å². The molecule has 1 fully saturated rings. The third kappa shape index (κ3) is 6.72. The molecular formula is C20H23N3OS. The van der Waals surface area contributed by atoms with Crippen LogP contribution in [0.5, 0.6) is 0 Å². The van der Waals surface area contributed by atoms with E-state index in [0.29, 0.717) is 11.8 Å². The van der Waals surface area contributed by atoms with Gasteiger partial charge in [0, 0.05) is 12.4 Å². The molecule has 2 N–H and O–H groups in total. The van der Waals surface area contributed by atoms with Gasteiger partial charge in [0.05, 0.1) is 12.8 Å². The zero-order valence-corrected chi connectivity index (χ0v) is 15.0. The number of nitrogens with two attached hydrogens (primary N) is 1. The number of hydrogen-bond acceptors (Lipinski definition) is 4. The van der Waals surface area contributed by atoms with E-state index in [1.807, 2.05) is 30.3 Å². The van der Waals surface area contributed by atoms with Gasteiger partial charge in [-0.1, -0.05) is 66.4 Å². The number of thioether (sulfide) groups is 1. The van der Waals surface area contributed by atoms with Gasteiger partial charge in [0.1, 0.15) is 0 Å². The molecule has 25 heavy (non-hydrogen) atoms.